The first kappa shape index (κ1) is 14.3. The van der Waals surface area contributed by atoms with Gasteiger partial charge >= 0.3 is 0 Å². The minimum Gasteiger partial charge on any atom is -0.385 e. The van der Waals surface area contributed by atoms with Crippen LogP contribution in [0.4, 0.5) is 4.39 Å². The molecule has 1 aliphatic carbocycles. The van der Waals surface area contributed by atoms with Gasteiger partial charge in [-0.1, -0.05) is 30.3 Å². The van der Waals surface area contributed by atoms with E-state index in [1.54, 1.807) is 12.1 Å². The van der Waals surface area contributed by atoms with Gasteiger partial charge < -0.3 is 5.11 Å². The molecule has 0 radical (unpaired) electrons. The molecule has 0 bridgehead atoms. The number of benzene rings is 2. The lowest BCUT2D eigenvalue weighted by Gasteiger charge is -2.26. The van der Waals surface area contributed by atoms with Crippen LogP contribution in [0.25, 0.3) is 0 Å². The van der Waals surface area contributed by atoms with Gasteiger partial charge in [0.25, 0.3) is 0 Å². The lowest BCUT2D eigenvalue weighted by Crippen LogP contribution is -2.25. The van der Waals surface area contributed by atoms with Gasteiger partial charge in [-0.2, -0.15) is 0 Å². The van der Waals surface area contributed by atoms with Crippen LogP contribution in [0.15, 0.2) is 42.5 Å². The zero-order valence-corrected chi connectivity index (χ0v) is 12.4. The third-order valence-corrected chi connectivity index (χ3v) is 4.43. The Hall–Kier alpha value is -1.67. The molecule has 1 aliphatic rings. The lowest BCUT2D eigenvalue weighted by atomic mass is 9.84. The molecular formula is C19H21FO. The third-order valence-electron chi connectivity index (χ3n) is 4.43. The summed E-state index contributed by atoms with van der Waals surface area (Å²) in [5.74, 6) is -0.243. The van der Waals surface area contributed by atoms with Crippen molar-refractivity contribution in [2.45, 2.75) is 44.6 Å². The van der Waals surface area contributed by atoms with Crippen LogP contribution < -0.4 is 0 Å². The molecule has 0 amide bonds. The molecule has 2 aromatic carbocycles. The van der Waals surface area contributed by atoms with Gasteiger partial charge in [-0.15, -0.1) is 0 Å². The van der Waals surface area contributed by atoms with Crippen molar-refractivity contribution in [1.82, 2.24) is 0 Å². The summed E-state index contributed by atoms with van der Waals surface area (Å²) in [6, 6.07) is 12.7. The van der Waals surface area contributed by atoms with Crippen LogP contribution in [-0.2, 0) is 24.9 Å². The molecule has 110 valence electrons. The minimum atomic E-state index is -0.926. The van der Waals surface area contributed by atoms with E-state index >= 15 is 0 Å². The highest BCUT2D eigenvalue weighted by molar-refractivity contribution is 5.37. The zero-order chi connectivity index (χ0) is 14.9. The first-order chi connectivity index (χ1) is 10.0. The van der Waals surface area contributed by atoms with E-state index in [0.29, 0.717) is 6.42 Å². The molecule has 0 aromatic heterocycles. The second-order valence-corrected chi connectivity index (χ2v) is 6.27. The second-order valence-electron chi connectivity index (χ2n) is 6.27. The Bertz CT molecular complexity index is 629. The summed E-state index contributed by atoms with van der Waals surface area (Å²) in [6.07, 6.45) is 5.24. The van der Waals surface area contributed by atoms with E-state index in [4.69, 9.17) is 0 Å². The summed E-state index contributed by atoms with van der Waals surface area (Å²) in [4.78, 5) is 0. The second kappa shape index (κ2) is 5.61. The van der Waals surface area contributed by atoms with E-state index in [1.807, 2.05) is 13.0 Å². The third kappa shape index (κ3) is 3.16. The lowest BCUT2D eigenvalue weighted by molar-refractivity contribution is 0.0575. The molecule has 3 rings (SSSR count). The van der Waals surface area contributed by atoms with Gasteiger partial charge in [-0.25, -0.2) is 4.39 Å². The van der Waals surface area contributed by atoms with Crippen molar-refractivity contribution in [3.05, 3.63) is 70.5 Å². The molecule has 0 spiro atoms. The normalized spacial score (nSPS) is 17.1. The molecule has 0 saturated heterocycles. The Kier molecular flexibility index (Phi) is 3.81. The minimum absolute atomic E-state index is 0.243. The largest absolute Gasteiger partial charge is 0.385 e. The Labute approximate surface area is 125 Å². The quantitative estimate of drug-likeness (QED) is 0.897. The molecule has 1 unspecified atom stereocenters. The SMILES string of the molecule is CC(O)(Cc1ccc(F)cc1)c1ccc2c(c1)CCCC2. The topological polar surface area (TPSA) is 20.2 Å². The zero-order valence-electron chi connectivity index (χ0n) is 12.4. The summed E-state index contributed by atoms with van der Waals surface area (Å²) >= 11 is 0. The summed E-state index contributed by atoms with van der Waals surface area (Å²) in [6.45, 7) is 1.83. The molecule has 1 nitrogen and oxygen atoms in total. The summed E-state index contributed by atoms with van der Waals surface area (Å²) in [5.41, 5.74) is 3.76. The standard InChI is InChI=1S/C19H21FO/c1-19(21,13-14-6-10-18(20)11-7-14)17-9-8-15-4-2-3-5-16(15)12-17/h6-12,21H,2-5,13H2,1H3. The van der Waals surface area contributed by atoms with Crippen molar-refractivity contribution in [3.63, 3.8) is 0 Å². The van der Waals surface area contributed by atoms with Crippen LogP contribution in [0.1, 0.15) is 42.0 Å². The Morgan fingerprint density at radius 1 is 1.00 bits per heavy atom. The molecule has 1 atom stereocenters. The van der Waals surface area contributed by atoms with Crippen molar-refractivity contribution in [1.29, 1.82) is 0 Å². The number of fused-ring (bicyclic) bond motifs is 1. The summed E-state index contributed by atoms with van der Waals surface area (Å²) in [7, 11) is 0. The van der Waals surface area contributed by atoms with Crippen LogP contribution in [0.3, 0.4) is 0 Å². The van der Waals surface area contributed by atoms with Gasteiger partial charge in [-0.05, 0) is 67.0 Å². The number of halogens is 1. The van der Waals surface area contributed by atoms with Gasteiger partial charge in [0, 0.05) is 6.42 Å². The molecule has 2 aromatic rings. The highest BCUT2D eigenvalue weighted by atomic mass is 19.1. The van der Waals surface area contributed by atoms with Gasteiger partial charge in [-0.3, -0.25) is 0 Å². The predicted octanol–water partition coefficient (Wildman–Crippen LogP) is 4.15. The maximum absolute atomic E-state index is 13.0. The van der Waals surface area contributed by atoms with Crippen molar-refractivity contribution in [2.75, 3.05) is 0 Å². The smallest absolute Gasteiger partial charge is 0.123 e. The molecular weight excluding hydrogens is 263 g/mol. The van der Waals surface area contributed by atoms with E-state index in [2.05, 4.69) is 12.1 Å². The van der Waals surface area contributed by atoms with Crippen LogP contribution in [0.5, 0.6) is 0 Å². The van der Waals surface area contributed by atoms with Gasteiger partial charge in [0.2, 0.25) is 0 Å². The number of hydrogen-bond acceptors (Lipinski definition) is 1. The fourth-order valence-corrected chi connectivity index (χ4v) is 3.17. The van der Waals surface area contributed by atoms with Gasteiger partial charge in [0.1, 0.15) is 5.82 Å². The molecule has 0 saturated carbocycles. The predicted molar refractivity (Wildman–Crippen MR) is 82.8 cm³/mol. The number of hydrogen-bond donors (Lipinski definition) is 1. The van der Waals surface area contributed by atoms with Crippen LogP contribution in [0, 0.1) is 5.82 Å². The monoisotopic (exact) mass is 284 g/mol. The van der Waals surface area contributed by atoms with Crippen molar-refractivity contribution in [3.8, 4) is 0 Å². The van der Waals surface area contributed by atoms with Crippen molar-refractivity contribution in [2.24, 2.45) is 0 Å². The molecule has 0 fully saturated rings. The summed E-state index contributed by atoms with van der Waals surface area (Å²) < 4.78 is 13.0. The van der Waals surface area contributed by atoms with E-state index in [-0.39, 0.29) is 5.82 Å². The van der Waals surface area contributed by atoms with Crippen molar-refractivity contribution < 1.29 is 9.50 Å². The fourth-order valence-electron chi connectivity index (χ4n) is 3.17. The van der Waals surface area contributed by atoms with E-state index in [9.17, 15) is 9.50 Å². The average molecular weight is 284 g/mol. The maximum Gasteiger partial charge on any atom is 0.123 e. The van der Waals surface area contributed by atoms with Crippen LogP contribution >= 0.6 is 0 Å². The molecule has 2 heteroatoms. The number of aliphatic hydroxyl groups is 1. The maximum atomic E-state index is 13.0. The van der Waals surface area contributed by atoms with Crippen LogP contribution in [0.2, 0.25) is 0 Å². The van der Waals surface area contributed by atoms with E-state index < -0.39 is 5.60 Å². The molecule has 0 heterocycles. The average Bonchev–Trinajstić information content (AvgIpc) is 2.49. The van der Waals surface area contributed by atoms with E-state index in [1.165, 1.54) is 36.1 Å². The summed E-state index contributed by atoms with van der Waals surface area (Å²) in [5, 5.41) is 10.8. The Morgan fingerprint density at radius 2 is 1.67 bits per heavy atom. The highest BCUT2D eigenvalue weighted by Gasteiger charge is 2.25. The van der Waals surface area contributed by atoms with Crippen molar-refractivity contribution >= 4 is 0 Å². The molecule has 0 aliphatic heterocycles. The highest BCUT2D eigenvalue weighted by Crippen LogP contribution is 2.30. The van der Waals surface area contributed by atoms with E-state index in [0.717, 1.165) is 24.0 Å². The Balaban J connectivity index is 1.85. The van der Waals surface area contributed by atoms with Crippen LogP contribution in [-0.4, -0.2) is 5.11 Å². The number of rotatable bonds is 3. The van der Waals surface area contributed by atoms with Gasteiger partial charge in [0.05, 0.1) is 5.60 Å². The first-order valence-corrected chi connectivity index (χ1v) is 7.64. The first-order valence-electron chi connectivity index (χ1n) is 7.64. The fraction of sp³-hybridized carbons (Fsp3) is 0.368. The van der Waals surface area contributed by atoms with Gasteiger partial charge in [0.15, 0.2) is 0 Å². The molecule has 1 N–H and O–H groups in total. The number of aryl methyl sites for hydroxylation is 2. The Morgan fingerprint density at radius 3 is 2.38 bits per heavy atom. The molecule has 21 heavy (non-hydrogen) atoms.